The van der Waals surface area contributed by atoms with Crippen molar-refractivity contribution >= 4 is 22.7 Å². The molecule has 0 fully saturated rings. The third-order valence-corrected chi connectivity index (χ3v) is 12.9. The van der Waals surface area contributed by atoms with Crippen molar-refractivity contribution < 1.29 is 103 Å². The number of nitrogens with zero attached hydrogens (tertiary/aromatic N) is 4. The number of hydrogen-bond acceptors (Lipinski definition) is 4. The van der Waals surface area contributed by atoms with Gasteiger partial charge in [0.15, 0.2) is 0 Å². The number of ether oxygens (including phenoxy) is 4. The summed E-state index contributed by atoms with van der Waals surface area (Å²) in [5.41, 5.74) is 17.9. The van der Waals surface area contributed by atoms with Gasteiger partial charge in [-0.05, 0) is 47.3 Å². The molecule has 0 saturated heterocycles. The van der Waals surface area contributed by atoms with Crippen molar-refractivity contribution in [2.75, 3.05) is 54.9 Å². The van der Waals surface area contributed by atoms with Crippen molar-refractivity contribution in [3.63, 3.8) is 0 Å². The molecule has 0 amide bonds. The van der Waals surface area contributed by atoms with Crippen molar-refractivity contribution in [1.82, 2.24) is 0 Å². The molecule has 0 saturated carbocycles. The molecule has 0 aromatic heterocycles. The molecule has 0 unspecified atom stereocenters. The van der Waals surface area contributed by atoms with E-state index in [2.05, 4.69) is 216 Å². The van der Waals surface area contributed by atoms with E-state index in [0.29, 0.717) is 73.8 Å². The minimum absolute atomic E-state index is 0. The molecule has 5 aromatic carbocycles. The van der Waals surface area contributed by atoms with Gasteiger partial charge in [-0.3, -0.25) is 0 Å². The fraction of sp³-hybridized carbons (Fsp3) is 0.472. The molecule has 0 radical (unpaired) electrons. The first-order valence-corrected chi connectivity index (χ1v) is 29.0. The summed E-state index contributed by atoms with van der Waals surface area (Å²) in [5, 5.41) is 20.0. The number of benzene rings is 5. The fourth-order valence-corrected chi connectivity index (χ4v) is 8.53. The van der Waals surface area contributed by atoms with Gasteiger partial charge in [0.25, 0.3) is 0 Å². The summed E-state index contributed by atoms with van der Waals surface area (Å²) in [4.78, 5) is 0. The van der Waals surface area contributed by atoms with Crippen LogP contribution in [0.5, 0.6) is 0 Å². The summed E-state index contributed by atoms with van der Waals surface area (Å²) in [5.74, 6) is 3.32. The molecule has 0 atom stereocenters. The van der Waals surface area contributed by atoms with E-state index in [1.165, 1.54) is 44.5 Å². The van der Waals surface area contributed by atoms with Crippen LogP contribution in [0.3, 0.4) is 0 Å². The Morgan fingerprint density at radius 3 is 0.634 bits per heavy atom. The quantitative estimate of drug-likeness (QED) is 0.0349. The Balaban J connectivity index is 0. The van der Waals surface area contributed by atoms with Crippen molar-refractivity contribution in [3.8, 4) is 0 Å². The third kappa shape index (κ3) is 30.3. The van der Waals surface area contributed by atoms with Crippen LogP contribution in [0.15, 0.2) is 157 Å². The van der Waals surface area contributed by atoms with Crippen LogP contribution in [0.1, 0.15) is 216 Å². The average molecular weight is 1220 g/mol. The fourth-order valence-electron chi connectivity index (χ4n) is 8.53. The summed E-state index contributed by atoms with van der Waals surface area (Å²) >= 11 is 0. The maximum atomic E-state index is 5.04. The minimum Gasteiger partial charge on any atom is -0.661 e. The molecule has 0 spiro atoms. The predicted molar refractivity (Wildman–Crippen MR) is 350 cm³/mol. The molecule has 0 aliphatic rings. The van der Waals surface area contributed by atoms with Gasteiger partial charge in [0.1, 0.15) is 0 Å². The topological polar surface area (TPSA) is 93.3 Å². The first-order chi connectivity index (χ1) is 37.9. The molecule has 0 aliphatic heterocycles. The second-order valence-electron chi connectivity index (χ2n) is 22.5. The van der Waals surface area contributed by atoms with E-state index in [4.69, 9.17) is 21.3 Å². The number of para-hydroxylation sites is 4. The third-order valence-electron chi connectivity index (χ3n) is 12.9. The van der Waals surface area contributed by atoms with Crippen molar-refractivity contribution in [2.24, 2.45) is 0 Å². The van der Waals surface area contributed by atoms with Gasteiger partial charge in [0.05, 0.1) is 26.4 Å². The van der Waals surface area contributed by atoms with Crippen LogP contribution < -0.4 is 51.4 Å². The molecule has 10 heteroatoms. The van der Waals surface area contributed by atoms with E-state index < -0.39 is 0 Å². The summed E-state index contributed by atoms with van der Waals surface area (Å²) in [7, 11) is 6.61. The van der Waals surface area contributed by atoms with Gasteiger partial charge in [-0.2, -0.15) is 11.4 Å². The van der Waals surface area contributed by atoms with E-state index in [0.717, 1.165) is 45.5 Å². The zero-order valence-corrected chi connectivity index (χ0v) is 61.4. The van der Waals surface area contributed by atoms with Gasteiger partial charge in [0, 0.05) is 28.4 Å². The molecule has 5 aromatic rings. The first kappa shape index (κ1) is 80.9. The Kier molecular flexibility index (Phi) is 44.6. The van der Waals surface area contributed by atoms with Crippen LogP contribution in [0.4, 0.5) is 22.7 Å². The largest absolute Gasteiger partial charge is 3.00 e. The van der Waals surface area contributed by atoms with Crippen LogP contribution >= 0.6 is 0 Å². The predicted octanol–water partition coefficient (Wildman–Crippen LogP) is 19.9. The summed E-state index contributed by atoms with van der Waals surface area (Å²) in [6.07, 6.45) is 4.00. The Hall–Kier alpha value is -3.16. The van der Waals surface area contributed by atoms with E-state index in [1.807, 2.05) is 62.4 Å². The van der Waals surface area contributed by atoms with Crippen molar-refractivity contribution in [1.29, 1.82) is 0 Å². The van der Waals surface area contributed by atoms with Gasteiger partial charge in [-0.15, -0.1) is 47.3 Å². The molecule has 82 heavy (non-hydrogen) atoms. The average Bonchev–Trinajstić information content (AvgIpc) is 3.40. The van der Waals surface area contributed by atoms with E-state index >= 15 is 0 Å². The Labute approximate surface area is 569 Å². The molecular weight excluding hydrogens is 1110 g/mol. The van der Waals surface area contributed by atoms with E-state index in [1.54, 1.807) is 28.4 Å². The molecule has 0 heterocycles. The van der Waals surface area contributed by atoms with Gasteiger partial charge >= 0.3 is 84.1 Å². The van der Waals surface area contributed by atoms with E-state index in [-0.39, 0.29) is 84.1 Å². The van der Waals surface area contributed by atoms with Crippen LogP contribution in [-0.4, -0.2) is 54.9 Å². The van der Waals surface area contributed by atoms with Crippen molar-refractivity contribution in [3.05, 3.63) is 223 Å². The molecule has 0 bridgehead atoms. The van der Waals surface area contributed by atoms with Crippen molar-refractivity contribution in [2.45, 2.75) is 172 Å². The van der Waals surface area contributed by atoms with E-state index in [9.17, 15) is 0 Å². The Morgan fingerprint density at radius 2 is 0.488 bits per heavy atom. The normalized spacial score (nSPS) is 11.1. The summed E-state index contributed by atoms with van der Waals surface area (Å²) in [6.45, 7) is 50.9. The number of rotatable bonds is 24. The molecule has 0 N–H and O–H groups in total. The molecule has 8 nitrogen and oxygen atoms in total. The van der Waals surface area contributed by atoms with Gasteiger partial charge < -0.3 is 40.2 Å². The van der Waals surface area contributed by atoms with Gasteiger partial charge in [-0.25, -0.2) is 0 Å². The zero-order valence-electron chi connectivity index (χ0n) is 55.4. The second kappa shape index (κ2) is 45.2. The zero-order chi connectivity index (χ0) is 60.5. The summed E-state index contributed by atoms with van der Waals surface area (Å²) in [6, 6.07) is 38.0. The van der Waals surface area contributed by atoms with Gasteiger partial charge in [0.2, 0.25) is 0 Å². The number of methoxy groups -OCH3 is 4. The summed E-state index contributed by atoms with van der Waals surface area (Å²) < 4.78 is 18.6. The van der Waals surface area contributed by atoms with Crippen LogP contribution in [-0.2, 0) is 51.7 Å². The smallest absolute Gasteiger partial charge is 0.661 e. The molecule has 5 rings (SSSR count). The van der Waals surface area contributed by atoms with Gasteiger partial charge in [-0.1, -0.05) is 290 Å². The molecule has 0 aliphatic carbocycles. The first-order valence-electron chi connectivity index (χ1n) is 29.0. The maximum absolute atomic E-state index is 5.04. The molecule has 442 valence electrons. The standard InChI is InChI=1S/2C29H40N2.C6H6.2C4H10O2.K.Y/c2*1-18(2)24-13-11-14-25(19(3)4)28(24)30-22(9)17-23(10)31-29-26(20(5)6)15-12-16-27(29)21(7)8;1-2-4-6-5-3-1;2*1-5-3-4-6-2;;/h2*11-21H,9H2,1-8,10H3;1-6H;2*3-4H2,1-2H3;;/q2*-2;;;;+1;+3/b2*23-17-;;;;;. The minimum atomic E-state index is 0. The SMILES string of the molecule is C=C(/C=C(/C)[N-]c1c(C(C)C)cccc1C(C)C)[N-]c1c(C(C)C)cccc1C(C)C.C=C(/C=C(/C)[N-]c1c(C(C)C)cccc1C(C)C)[N-]c1c(C(C)C)cccc1C(C)C.COCCOC.COCCOC.[K+].[Y+3].c1ccccc1. The number of allylic oxidation sites excluding steroid dienone is 4. The monoisotopic (exact) mass is 1220 g/mol. The molecular formula is C72H106KN4O4Y. The Bertz CT molecular complexity index is 2300. The van der Waals surface area contributed by atoms with Crippen LogP contribution in [0, 0.1) is 0 Å². The Morgan fingerprint density at radius 1 is 0.329 bits per heavy atom. The second-order valence-corrected chi connectivity index (χ2v) is 22.5. The van der Waals surface area contributed by atoms with Crippen LogP contribution in [0.2, 0.25) is 0 Å². The maximum Gasteiger partial charge on any atom is 3.00 e. The van der Waals surface area contributed by atoms with Crippen LogP contribution in [0.25, 0.3) is 21.3 Å². The number of hydrogen-bond donors (Lipinski definition) is 0.